The molecule has 0 aromatic carbocycles. The molecule has 0 atom stereocenters. The van der Waals surface area contributed by atoms with E-state index in [2.05, 4.69) is 5.32 Å². The molecule has 7 heteroatoms. The van der Waals surface area contributed by atoms with Gasteiger partial charge in [-0.1, -0.05) is 0 Å². The fourth-order valence-corrected chi connectivity index (χ4v) is 1.66. The van der Waals surface area contributed by atoms with E-state index in [0.29, 0.717) is 25.8 Å². The van der Waals surface area contributed by atoms with E-state index >= 15 is 0 Å². The van der Waals surface area contributed by atoms with Crippen molar-refractivity contribution < 1.29 is 19.5 Å². The number of nitrogens with zero attached hydrogens (tertiary/aromatic N) is 1. The molecule has 0 aliphatic heterocycles. The number of rotatable bonds is 8. The van der Waals surface area contributed by atoms with Gasteiger partial charge in [0.2, 0.25) is 5.91 Å². The van der Waals surface area contributed by atoms with Gasteiger partial charge in [-0.2, -0.15) is 0 Å². The highest BCUT2D eigenvalue weighted by Crippen LogP contribution is 2.13. The summed E-state index contributed by atoms with van der Waals surface area (Å²) in [5.74, 6) is -1.29. The zero-order chi connectivity index (χ0) is 15.8. The molecule has 0 aliphatic carbocycles. The van der Waals surface area contributed by atoms with Crippen LogP contribution < -0.4 is 11.1 Å². The van der Waals surface area contributed by atoms with Crippen LogP contribution >= 0.6 is 0 Å². The first kappa shape index (κ1) is 18.2. The molecule has 0 fully saturated rings. The van der Waals surface area contributed by atoms with E-state index < -0.39 is 11.5 Å². The predicted molar refractivity (Wildman–Crippen MR) is 75.2 cm³/mol. The van der Waals surface area contributed by atoms with Crippen molar-refractivity contribution in [3.8, 4) is 0 Å². The second-order valence-corrected chi connectivity index (χ2v) is 5.62. The summed E-state index contributed by atoms with van der Waals surface area (Å²) in [5, 5.41) is 11.4. The molecule has 4 N–H and O–H groups in total. The summed E-state index contributed by atoms with van der Waals surface area (Å²) >= 11 is 0. The molecule has 0 aromatic heterocycles. The Morgan fingerprint density at radius 2 is 1.75 bits per heavy atom. The molecule has 0 spiro atoms. The number of unbranched alkanes of at least 4 members (excludes halogenated alkanes) is 1. The maximum atomic E-state index is 12.0. The Kier molecular flexibility index (Phi) is 7.64. The average Bonchev–Trinajstić information content (AvgIpc) is 2.25. The van der Waals surface area contributed by atoms with E-state index in [0.717, 1.165) is 0 Å². The van der Waals surface area contributed by atoms with Crippen LogP contribution in [-0.4, -0.2) is 46.5 Å². The SMILES string of the molecule is CC(C)(C)N(CCC(=O)O)C(=O)NCCCCC(N)=O. The summed E-state index contributed by atoms with van der Waals surface area (Å²) in [6.07, 6.45) is 1.50. The van der Waals surface area contributed by atoms with E-state index in [-0.39, 0.29) is 24.9 Å². The molecular formula is C13H25N3O4. The number of nitrogens with two attached hydrogens (primary N) is 1. The van der Waals surface area contributed by atoms with Crippen molar-refractivity contribution in [3.63, 3.8) is 0 Å². The number of carboxylic acids is 1. The van der Waals surface area contributed by atoms with Crippen molar-refractivity contribution in [2.24, 2.45) is 5.73 Å². The highest BCUT2D eigenvalue weighted by Gasteiger charge is 2.26. The molecule has 0 bridgehead atoms. The standard InChI is InChI=1S/C13H25N3O4/c1-13(2,3)16(9-7-11(18)19)12(20)15-8-5-4-6-10(14)17/h4-9H2,1-3H3,(H2,14,17)(H,15,20)(H,18,19). The number of carbonyl (C=O) groups excluding carboxylic acids is 2. The Morgan fingerprint density at radius 1 is 1.15 bits per heavy atom. The van der Waals surface area contributed by atoms with Crippen molar-refractivity contribution in [1.29, 1.82) is 0 Å². The number of aliphatic carboxylic acids is 1. The van der Waals surface area contributed by atoms with Gasteiger partial charge in [-0.05, 0) is 33.6 Å². The number of hydrogen-bond donors (Lipinski definition) is 3. The van der Waals surface area contributed by atoms with Crippen molar-refractivity contribution in [3.05, 3.63) is 0 Å². The molecule has 0 radical (unpaired) electrons. The summed E-state index contributed by atoms with van der Waals surface area (Å²) in [7, 11) is 0. The van der Waals surface area contributed by atoms with Crippen LogP contribution in [0.3, 0.4) is 0 Å². The first-order valence-electron chi connectivity index (χ1n) is 6.70. The number of hydrogen-bond acceptors (Lipinski definition) is 3. The van der Waals surface area contributed by atoms with Gasteiger partial charge >= 0.3 is 12.0 Å². The lowest BCUT2D eigenvalue weighted by Crippen LogP contribution is -2.51. The van der Waals surface area contributed by atoms with Gasteiger partial charge in [-0.25, -0.2) is 4.79 Å². The number of urea groups is 1. The maximum absolute atomic E-state index is 12.0. The lowest BCUT2D eigenvalue weighted by atomic mass is 10.1. The van der Waals surface area contributed by atoms with Gasteiger partial charge in [0.05, 0.1) is 6.42 Å². The molecule has 20 heavy (non-hydrogen) atoms. The minimum Gasteiger partial charge on any atom is -0.481 e. The molecule has 7 nitrogen and oxygen atoms in total. The summed E-state index contributed by atoms with van der Waals surface area (Å²) in [6, 6.07) is -0.294. The fourth-order valence-electron chi connectivity index (χ4n) is 1.66. The Hall–Kier alpha value is -1.79. The van der Waals surface area contributed by atoms with Crippen LogP contribution in [0.4, 0.5) is 4.79 Å². The molecule has 0 unspecified atom stereocenters. The topological polar surface area (TPSA) is 113 Å². The molecule has 3 amide bonds. The summed E-state index contributed by atoms with van der Waals surface area (Å²) in [6.45, 7) is 6.14. The number of carbonyl (C=O) groups is 3. The van der Waals surface area contributed by atoms with Crippen LogP contribution in [0.25, 0.3) is 0 Å². The molecule has 0 aliphatic rings. The van der Waals surface area contributed by atoms with Crippen LogP contribution in [0.2, 0.25) is 0 Å². The highest BCUT2D eigenvalue weighted by molar-refractivity contribution is 5.76. The van der Waals surface area contributed by atoms with Gasteiger partial charge in [0, 0.05) is 25.0 Å². The molecule has 0 saturated heterocycles. The minimum atomic E-state index is -0.937. The third-order valence-electron chi connectivity index (χ3n) is 2.73. The van der Waals surface area contributed by atoms with Crippen LogP contribution in [-0.2, 0) is 9.59 Å². The monoisotopic (exact) mass is 287 g/mol. The Labute approximate surface area is 119 Å². The number of nitrogens with one attached hydrogen (secondary N) is 1. The van der Waals surface area contributed by atoms with E-state index in [4.69, 9.17) is 10.8 Å². The third kappa shape index (κ3) is 8.34. The fraction of sp³-hybridized carbons (Fsp3) is 0.769. The first-order valence-corrected chi connectivity index (χ1v) is 6.70. The van der Waals surface area contributed by atoms with Crippen LogP contribution in [0, 0.1) is 0 Å². The van der Waals surface area contributed by atoms with E-state index in [1.165, 1.54) is 4.90 Å². The normalized spacial score (nSPS) is 10.9. The van der Waals surface area contributed by atoms with Crippen molar-refractivity contribution >= 4 is 17.9 Å². The Balaban J connectivity index is 4.21. The van der Waals surface area contributed by atoms with Gasteiger partial charge in [-0.3, -0.25) is 9.59 Å². The summed E-state index contributed by atoms with van der Waals surface area (Å²) < 4.78 is 0. The largest absolute Gasteiger partial charge is 0.481 e. The summed E-state index contributed by atoms with van der Waals surface area (Å²) in [4.78, 5) is 34.7. The average molecular weight is 287 g/mol. The lowest BCUT2D eigenvalue weighted by Gasteiger charge is -2.35. The number of primary amides is 1. The lowest BCUT2D eigenvalue weighted by molar-refractivity contribution is -0.137. The highest BCUT2D eigenvalue weighted by atomic mass is 16.4. The van der Waals surface area contributed by atoms with Crippen molar-refractivity contribution in [2.45, 2.75) is 52.0 Å². The van der Waals surface area contributed by atoms with Gasteiger partial charge in [0.25, 0.3) is 0 Å². The Morgan fingerprint density at radius 3 is 2.20 bits per heavy atom. The van der Waals surface area contributed by atoms with E-state index in [1.807, 2.05) is 20.8 Å². The van der Waals surface area contributed by atoms with Crippen LogP contribution in [0.15, 0.2) is 0 Å². The number of carboxylic acid groups (broad SMARTS) is 1. The number of amides is 3. The van der Waals surface area contributed by atoms with Gasteiger partial charge in [0.1, 0.15) is 0 Å². The smallest absolute Gasteiger partial charge is 0.317 e. The van der Waals surface area contributed by atoms with Gasteiger partial charge in [0.15, 0.2) is 0 Å². The molecule has 0 saturated carbocycles. The molecular weight excluding hydrogens is 262 g/mol. The first-order chi connectivity index (χ1) is 9.14. The second kappa shape index (κ2) is 8.39. The molecule has 0 heterocycles. The zero-order valence-corrected chi connectivity index (χ0v) is 12.4. The van der Waals surface area contributed by atoms with Crippen LogP contribution in [0.5, 0.6) is 0 Å². The van der Waals surface area contributed by atoms with E-state index in [1.54, 1.807) is 0 Å². The Bertz CT molecular complexity index is 350. The predicted octanol–water partition coefficient (Wildman–Crippen LogP) is 0.927. The molecule has 0 aromatic rings. The third-order valence-corrected chi connectivity index (χ3v) is 2.73. The van der Waals surface area contributed by atoms with E-state index in [9.17, 15) is 14.4 Å². The van der Waals surface area contributed by atoms with Gasteiger partial charge in [-0.15, -0.1) is 0 Å². The zero-order valence-electron chi connectivity index (χ0n) is 12.4. The molecule has 116 valence electrons. The van der Waals surface area contributed by atoms with Crippen molar-refractivity contribution in [1.82, 2.24) is 10.2 Å². The van der Waals surface area contributed by atoms with Gasteiger partial charge < -0.3 is 21.1 Å². The van der Waals surface area contributed by atoms with Crippen molar-refractivity contribution in [2.75, 3.05) is 13.1 Å². The quantitative estimate of drug-likeness (QED) is 0.576. The minimum absolute atomic E-state index is 0.0909. The van der Waals surface area contributed by atoms with Crippen LogP contribution in [0.1, 0.15) is 46.5 Å². The maximum Gasteiger partial charge on any atom is 0.317 e. The molecule has 0 rings (SSSR count). The second-order valence-electron chi connectivity index (χ2n) is 5.62. The summed E-state index contributed by atoms with van der Waals surface area (Å²) in [5.41, 5.74) is 4.57.